The summed E-state index contributed by atoms with van der Waals surface area (Å²) in [6.45, 7) is 3.88. The predicted molar refractivity (Wildman–Crippen MR) is 81.4 cm³/mol. The van der Waals surface area contributed by atoms with E-state index in [1.807, 2.05) is 0 Å². The number of esters is 1. The van der Waals surface area contributed by atoms with E-state index < -0.39 is 5.92 Å². The van der Waals surface area contributed by atoms with Crippen molar-refractivity contribution in [1.82, 2.24) is 0 Å². The molecule has 0 saturated carbocycles. The van der Waals surface area contributed by atoms with Crippen LogP contribution < -0.4 is 5.01 Å². The van der Waals surface area contributed by atoms with Crippen LogP contribution in [-0.4, -0.2) is 24.2 Å². The first-order valence-electron chi connectivity index (χ1n) is 6.83. The molecule has 0 bridgehead atoms. The molecule has 1 aliphatic rings. The highest BCUT2D eigenvalue weighted by Gasteiger charge is 2.35. The van der Waals surface area contributed by atoms with Crippen LogP contribution in [0.1, 0.15) is 26.7 Å². The smallest absolute Gasteiger partial charge is 0.305 e. The minimum absolute atomic E-state index is 0.162. The summed E-state index contributed by atoms with van der Waals surface area (Å²) < 4.78 is 4.88. The van der Waals surface area contributed by atoms with E-state index in [4.69, 9.17) is 16.3 Å². The van der Waals surface area contributed by atoms with Gasteiger partial charge < -0.3 is 4.74 Å². The van der Waals surface area contributed by atoms with E-state index in [0.29, 0.717) is 29.4 Å². The van der Waals surface area contributed by atoms with Crippen LogP contribution in [0.25, 0.3) is 0 Å². The molecule has 6 heteroatoms. The van der Waals surface area contributed by atoms with Gasteiger partial charge >= 0.3 is 5.97 Å². The van der Waals surface area contributed by atoms with E-state index in [1.165, 1.54) is 5.01 Å². The number of carbonyl (C=O) groups is 2. The highest BCUT2D eigenvalue weighted by atomic mass is 35.5. The number of ether oxygens (including phenoxy) is 1. The fraction of sp³-hybridized carbons (Fsp3) is 0.400. The van der Waals surface area contributed by atoms with Gasteiger partial charge in [-0.2, -0.15) is 10.1 Å². The zero-order valence-corrected chi connectivity index (χ0v) is 12.8. The maximum Gasteiger partial charge on any atom is 0.305 e. The Morgan fingerprint density at radius 2 is 2.14 bits per heavy atom. The predicted octanol–water partition coefficient (Wildman–Crippen LogP) is 3.02. The van der Waals surface area contributed by atoms with Crippen LogP contribution in [0.4, 0.5) is 5.69 Å². The lowest BCUT2D eigenvalue weighted by Gasteiger charge is -2.15. The van der Waals surface area contributed by atoms with Crippen LogP contribution in [0.3, 0.4) is 0 Å². The number of nitrogens with zero attached hydrogens (tertiary/aromatic N) is 2. The quantitative estimate of drug-likeness (QED) is 0.786. The van der Waals surface area contributed by atoms with E-state index in [0.717, 1.165) is 0 Å². The molecule has 0 saturated heterocycles. The summed E-state index contributed by atoms with van der Waals surface area (Å²) in [5, 5.41) is 6.05. The second-order valence-corrected chi connectivity index (χ2v) is 5.15. The fourth-order valence-corrected chi connectivity index (χ4v) is 2.44. The Morgan fingerprint density at radius 1 is 1.43 bits per heavy atom. The standard InChI is InChI=1S/C15H17ClN2O3/c1-3-21-14(19)9-8-11-10(2)17-18(15(11)20)13-7-5-4-6-12(13)16/h4-7,11H,3,8-9H2,1-2H3. The van der Waals surface area contributed by atoms with Gasteiger partial charge in [0.2, 0.25) is 0 Å². The Hall–Kier alpha value is -1.88. The molecule has 5 nitrogen and oxygen atoms in total. The number of hydrazone groups is 1. The average Bonchev–Trinajstić information content (AvgIpc) is 2.73. The molecule has 1 unspecified atom stereocenters. The van der Waals surface area contributed by atoms with Crippen molar-refractivity contribution in [1.29, 1.82) is 0 Å². The third-order valence-electron chi connectivity index (χ3n) is 3.29. The normalized spacial score (nSPS) is 17.9. The number of halogens is 1. The highest BCUT2D eigenvalue weighted by Crippen LogP contribution is 2.31. The van der Waals surface area contributed by atoms with Crippen molar-refractivity contribution < 1.29 is 14.3 Å². The zero-order valence-electron chi connectivity index (χ0n) is 12.0. The van der Waals surface area contributed by atoms with E-state index >= 15 is 0 Å². The second kappa shape index (κ2) is 6.72. The Kier molecular flexibility index (Phi) is 4.96. The SMILES string of the molecule is CCOC(=O)CCC1C(=O)N(c2ccccc2Cl)N=C1C. The van der Waals surface area contributed by atoms with Crippen LogP contribution in [0, 0.1) is 5.92 Å². The zero-order chi connectivity index (χ0) is 15.4. The Labute approximate surface area is 128 Å². The summed E-state index contributed by atoms with van der Waals surface area (Å²) in [6, 6.07) is 7.04. The lowest BCUT2D eigenvalue weighted by Crippen LogP contribution is -2.27. The van der Waals surface area contributed by atoms with Gasteiger partial charge in [0.1, 0.15) is 0 Å². The van der Waals surface area contributed by atoms with Gasteiger partial charge in [-0.25, -0.2) is 0 Å². The van der Waals surface area contributed by atoms with Gasteiger partial charge in [-0.1, -0.05) is 23.7 Å². The number of hydrogen-bond donors (Lipinski definition) is 0. The molecule has 0 aromatic heterocycles. The number of hydrogen-bond acceptors (Lipinski definition) is 4. The van der Waals surface area contributed by atoms with Crippen molar-refractivity contribution in [3.8, 4) is 0 Å². The summed E-state index contributed by atoms with van der Waals surface area (Å²) in [4.78, 5) is 23.9. The van der Waals surface area contributed by atoms with Crippen molar-refractivity contribution in [2.75, 3.05) is 11.6 Å². The van der Waals surface area contributed by atoms with Gasteiger partial charge in [0.05, 0.1) is 23.2 Å². The van der Waals surface area contributed by atoms with Gasteiger partial charge in [0, 0.05) is 12.1 Å². The largest absolute Gasteiger partial charge is 0.466 e. The van der Waals surface area contributed by atoms with Crippen LogP contribution in [0.15, 0.2) is 29.4 Å². The molecule has 1 atom stereocenters. The van der Waals surface area contributed by atoms with E-state index in [1.54, 1.807) is 38.1 Å². The molecule has 1 amide bonds. The minimum Gasteiger partial charge on any atom is -0.466 e. The van der Waals surface area contributed by atoms with Crippen molar-refractivity contribution in [2.45, 2.75) is 26.7 Å². The average molecular weight is 309 g/mol. The van der Waals surface area contributed by atoms with Crippen LogP contribution in [0.2, 0.25) is 5.02 Å². The Balaban J connectivity index is 2.08. The van der Waals surface area contributed by atoms with E-state index in [-0.39, 0.29) is 18.3 Å². The first-order valence-corrected chi connectivity index (χ1v) is 7.21. The molecule has 2 rings (SSSR count). The van der Waals surface area contributed by atoms with Gasteiger partial charge in [-0.3, -0.25) is 9.59 Å². The highest BCUT2D eigenvalue weighted by molar-refractivity contribution is 6.34. The van der Waals surface area contributed by atoms with Crippen LogP contribution >= 0.6 is 11.6 Å². The maximum absolute atomic E-state index is 12.4. The fourth-order valence-electron chi connectivity index (χ4n) is 2.23. The van der Waals surface area contributed by atoms with E-state index in [9.17, 15) is 9.59 Å². The molecular weight excluding hydrogens is 292 g/mol. The Morgan fingerprint density at radius 3 is 2.81 bits per heavy atom. The summed E-state index contributed by atoms with van der Waals surface area (Å²) in [7, 11) is 0. The van der Waals surface area contributed by atoms with Crippen LogP contribution in [0.5, 0.6) is 0 Å². The molecule has 1 heterocycles. The van der Waals surface area contributed by atoms with Crippen LogP contribution in [-0.2, 0) is 14.3 Å². The number of benzene rings is 1. The third-order valence-corrected chi connectivity index (χ3v) is 3.61. The van der Waals surface area contributed by atoms with E-state index in [2.05, 4.69) is 5.10 Å². The monoisotopic (exact) mass is 308 g/mol. The molecule has 1 aromatic rings. The van der Waals surface area contributed by atoms with Gasteiger partial charge in [0.15, 0.2) is 0 Å². The molecule has 0 radical (unpaired) electrons. The number of para-hydroxylation sites is 1. The molecule has 112 valence electrons. The van der Waals surface area contributed by atoms with Crippen molar-refractivity contribution in [3.05, 3.63) is 29.3 Å². The molecule has 0 fully saturated rings. The maximum atomic E-state index is 12.4. The third kappa shape index (κ3) is 3.42. The lowest BCUT2D eigenvalue weighted by atomic mass is 9.98. The molecule has 0 spiro atoms. The summed E-state index contributed by atoms with van der Waals surface area (Å²) >= 11 is 6.10. The summed E-state index contributed by atoms with van der Waals surface area (Å²) in [5.74, 6) is -0.857. The topological polar surface area (TPSA) is 59.0 Å². The van der Waals surface area contributed by atoms with Crippen molar-refractivity contribution in [3.63, 3.8) is 0 Å². The number of amides is 1. The van der Waals surface area contributed by atoms with Gasteiger partial charge in [-0.05, 0) is 32.4 Å². The van der Waals surface area contributed by atoms with Crippen molar-refractivity contribution >= 4 is 34.9 Å². The number of anilines is 1. The molecule has 1 aromatic carbocycles. The molecule has 1 aliphatic heterocycles. The van der Waals surface area contributed by atoms with Gasteiger partial charge in [0.25, 0.3) is 5.91 Å². The first-order chi connectivity index (χ1) is 10.0. The number of carbonyl (C=O) groups excluding carboxylic acids is 2. The summed E-state index contributed by atoms with van der Waals surface area (Å²) in [5.41, 5.74) is 1.24. The molecule has 0 N–H and O–H groups in total. The Bertz CT molecular complexity index is 586. The molecule has 21 heavy (non-hydrogen) atoms. The molecular formula is C15H17ClN2O3. The number of rotatable bonds is 5. The molecule has 0 aliphatic carbocycles. The van der Waals surface area contributed by atoms with Crippen molar-refractivity contribution in [2.24, 2.45) is 11.0 Å². The first kappa shape index (κ1) is 15.5. The lowest BCUT2D eigenvalue weighted by molar-refractivity contribution is -0.143. The summed E-state index contributed by atoms with van der Waals surface area (Å²) in [6.07, 6.45) is 0.599. The minimum atomic E-state index is -0.398. The second-order valence-electron chi connectivity index (χ2n) is 4.74. The van der Waals surface area contributed by atoms with Gasteiger partial charge in [-0.15, -0.1) is 0 Å².